The van der Waals surface area contributed by atoms with E-state index in [0.717, 1.165) is 26.0 Å². The molecule has 3 atom stereocenters. The van der Waals surface area contributed by atoms with E-state index in [1.807, 2.05) is 0 Å². The van der Waals surface area contributed by atoms with Crippen LogP contribution < -0.4 is 0 Å². The van der Waals surface area contributed by atoms with Crippen LogP contribution in [0.15, 0.2) is 0 Å². The van der Waals surface area contributed by atoms with Crippen LogP contribution in [0.5, 0.6) is 0 Å². The largest absolute Gasteiger partial charge is 0.393 e. The first-order valence-electron chi connectivity index (χ1n) is 6.32. The van der Waals surface area contributed by atoms with E-state index in [1.165, 1.54) is 0 Å². The summed E-state index contributed by atoms with van der Waals surface area (Å²) in [5, 5.41) is 9.99. The molecule has 1 saturated heterocycles. The average molecular weight is 229 g/mol. The van der Waals surface area contributed by atoms with E-state index in [1.54, 1.807) is 0 Å². The third-order valence-electron chi connectivity index (χ3n) is 3.66. The maximum absolute atomic E-state index is 9.99. The Morgan fingerprint density at radius 3 is 2.50 bits per heavy atom. The minimum absolute atomic E-state index is 0.0152. The van der Waals surface area contributed by atoms with Gasteiger partial charge in [0.2, 0.25) is 0 Å². The van der Waals surface area contributed by atoms with Gasteiger partial charge in [0.1, 0.15) is 0 Å². The number of hydrogen-bond donors (Lipinski definition) is 1. The van der Waals surface area contributed by atoms with Crippen LogP contribution in [0.25, 0.3) is 0 Å². The van der Waals surface area contributed by atoms with Gasteiger partial charge >= 0.3 is 0 Å². The molecule has 0 spiro atoms. The zero-order valence-electron chi connectivity index (χ0n) is 11.4. The second-order valence-electron chi connectivity index (χ2n) is 6.08. The van der Waals surface area contributed by atoms with Gasteiger partial charge in [-0.3, -0.25) is 0 Å². The lowest BCUT2D eigenvalue weighted by Gasteiger charge is -2.31. The quantitative estimate of drug-likeness (QED) is 0.799. The zero-order chi connectivity index (χ0) is 12.3. The first-order chi connectivity index (χ1) is 7.32. The predicted molar refractivity (Wildman–Crippen MR) is 66.5 cm³/mol. The molecule has 0 bridgehead atoms. The molecule has 0 aromatic heterocycles. The summed E-state index contributed by atoms with van der Waals surface area (Å²) >= 11 is 0. The van der Waals surface area contributed by atoms with Gasteiger partial charge in [-0.1, -0.05) is 20.8 Å². The first kappa shape index (κ1) is 13.9. The molecular weight excluding hydrogens is 202 g/mol. The normalized spacial score (nSPS) is 28.7. The lowest BCUT2D eigenvalue weighted by Crippen LogP contribution is -2.39. The smallest absolute Gasteiger partial charge is 0.0702 e. The van der Waals surface area contributed by atoms with Crippen LogP contribution in [0.1, 0.15) is 40.5 Å². The minimum atomic E-state index is -0.229. The molecule has 1 aliphatic heterocycles. The third kappa shape index (κ3) is 3.72. The van der Waals surface area contributed by atoms with Gasteiger partial charge < -0.3 is 14.7 Å². The zero-order valence-corrected chi connectivity index (χ0v) is 11.4. The van der Waals surface area contributed by atoms with Crippen LogP contribution >= 0.6 is 0 Å². The van der Waals surface area contributed by atoms with Crippen LogP contribution in [0.2, 0.25) is 0 Å². The van der Waals surface area contributed by atoms with Crippen molar-refractivity contribution in [3.8, 4) is 0 Å². The fraction of sp³-hybridized carbons (Fsp3) is 1.00. The fourth-order valence-corrected chi connectivity index (χ4v) is 2.22. The van der Waals surface area contributed by atoms with Crippen molar-refractivity contribution in [2.45, 2.75) is 58.8 Å². The summed E-state index contributed by atoms with van der Waals surface area (Å²) in [7, 11) is 2.13. The highest BCUT2D eigenvalue weighted by Crippen LogP contribution is 2.23. The summed E-state index contributed by atoms with van der Waals surface area (Å²) in [5.41, 5.74) is -0.0152. The van der Waals surface area contributed by atoms with E-state index in [2.05, 4.69) is 39.6 Å². The Labute approximate surface area is 99.8 Å². The number of rotatable bonds is 4. The standard InChI is InChI=1S/C13H27NO2/c1-10-11(7-9-16-10)14(5)8-6-12(15)13(2,3)4/h10-12,15H,6-9H2,1-5H3. The van der Waals surface area contributed by atoms with Gasteiger partial charge in [-0.2, -0.15) is 0 Å². The highest BCUT2D eigenvalue weighted by molar-refractivity contribution is 4.82. The Balaban J connectivity index is 2.32. The summed E-state index contributed by atoms with van der Waals surface area (Å²) < 4.78 is 5.56. The SMILES string of the molecule is CC1OCCC1N(C)CCC(O)C(C)(C)C. The van der Waals surface area contributed by atoms with Crippen LogP contribution in [0.4, 0.5) is 0 Å². The maximum Gasteiger partial charge on any atom is 0.0702 e. The highest BCUT2D eigenvalue weighted by atomic mass is 16.5. The van der Waals surface area contributed by atoms with Crippen molar-refractivity contribution in [3.05, 3.63) is 0 Å². The molecule has 1 fully saturated rings. The molecule has 3 unspecified atom stereocenters. The lowest BCUT2D eigenvalue weighted by atomic mass is 9.87. The Kier molecular flexibility index (Phi) is 4.77. The number of nitrogens with zero attached hydrogens (tertiary/aromatic N) is 1. The van der Waals surface area contributed by atoms with Crippen molar-refractivity contribution >= 4 is 0 Å². The molecule has 0 aromatic carbocycles. The van der Waals surface area contributed by atoms with E-state index in [4.69, 9.17) is 4.74 Å². The highest BCUT2D eigenvalue weighted by Gasteiger charge is 2.29. The molecule has 16 heavy (non-hydrogen) atoms. The molecule has 1 heterocycles. The molecular formula is C13H27NO2. The molecule has 96 valence electrons. The van der Waals surface area contributed by atoms with Gasteiger partial charge in [0.15, 0.2) is 0 Å². The predicted octanol–water partition coefficient (Wildman–Crippen LogP) is 1.89. The second-order valence-corrected chi connectivity index (χ2v) is 6.08. The first-order valence-corrected chi connectivity index (χ1v) is 6.32. The van der Waals surface area contributed by atoms with E-state index in [0.29, 0.717) is 12.1 Å². The van der Waals surface area contributed by atoms with Gasteiger partial charge in [-0.05, 0) is 32.2 Å². The summed E-state index contributed by atoms with van der Waals surface area (Å²) in [4.78, 5) is 2.33. The molecule has 1 N–H and O–H groups in total. The molecule has 1 aliphatic rings. The topological polar surface area (TPSA) is 32.7 Å². The second kappa shape index (κ2) is 5.48. The molecule has 0 saturated carbocycles. The molecule has 0 radical (unpaired) electrons. The van der Waals surface area contributed by atoms with E-state index in [-0.39, 0.29) is 11.5 Å². The van der Waals surface area contributed by atoms with Crippen LogP contribution in [0, 0.1) is 5.41 Å². The molecule has 0 aromatic rings. The summed E-state index contributed by atoms with van der Waals surface area (Å²) in [6, 6.07) is 0.521. The summed E-state index contributed by atoms with van der Waals surface area (Å²) in [5.74, 6) is 0. The van der Waals surface area contributed by atoms with E-state index >= 15 is 0 Å². The molecule has 0 aliphatic carbocycles. The maximum atomic E-state index is 9.99. The van der Waals surface area contributed by atoms with Crippen molar-refractivity contribution < 1.29 is 9.84 Å². The van der Waals surface area contributed by atoms with Gasteiger partial charge in [-0.15, -0.1) is 0 Å². The van der Waals surface area contributed by atoms with Crippen molar-refractivity contribution in [1.82, 2.24) is 4.90 Å². The van der Waals surface area contributed by atoms with Gasteiger partial charge in [0.05, 0.1) is 12.2 Å². The molecule has 3 nitrogen and oxygen atoms in total. The number of aliphatic hydroxyl groups excluding tert-OH is 1. The lowest BCUT2D eigenvalue weighted by molar-refractivity contribution is 0.0362. The van der Waals surface area contributed by atoms with Gasteiger partial charge in [0, 0.05) is 19.2 Å². The van der Waals surface area contributed by atoms with E-state index in [9.17, 15) is 5.11 Å². The van der Waals surface area contributed by atoms with Crippen LogP contribution in [-0.4, -0.2) is 48.5 Å². The molecule has 0 amide bonds. The Bertz CT molecular complexity index is 212. The number of hydrogen-bond acceptors (Lipinski definition) is 3. The Morgan fingerprint density at radius 1 is 1.44 bits per heavy atom. The average Bonchev–Trinajstić information content (AvgIpc) is 2.58. The van der Waals surface area contributed by atoms with Crippen LogP contribution in [0.3, 0.4) is 0 Å². The summed E-state index contributed by atoms with van der Waals surface area (Å²) in [6.45, 7) is 10.2. The van der Waals surface area contributed by atoms with Crippen molar-refractivity contribution in [2.24, 2.45) is 5.41 Å². The monoisotopic (exact) mass is 229 g/mol. The number of ether oxygens (including phenoxy) is 1. The van der Waals surface area contributed by atoms with Crippen LogP contribution in [-0.2, 0) is 4.74 Å². The Hall–Kier alpha value is -0.120. The van der Waals surface area contributed by atoms with Crippen molar-refractivity contribution in [3.63, 3.8) is 0 Å². The molecule has 1 rings (SSSR count). The van der Waals surface area contributed by atoms with Crippen molar-refractivity contribution in [2.75, 3.05) is 20.2 Å². The third-order valence-corrected chi connectivity index (χ3v) is 3.66. The molecule has 3 heteroatoms. The number of aliphatic hydroxyl groups is 1. The summed E-state index contributed by atoms with van der Waals surface area (Å²) in [6.07, 6.45) is 2.05. The van der Waals surface area contributed by atoms with Gasteiger partial charge in [0.25, 0.3) is 0 Å². The minimum Gasteiger partial charge on any atom is -0.393 e. The van der Waals surface area contributed by atoms with Gasteiger partial charge in [-0.25, -0.2) is 0 Å². The number of likely N-dealkylation sites (N-methyl/N-ethyl adjacent to an activating group) is 1. The fourth-order valence-electron chi connectivity index (χ4n) is 2.22. The Morgan fingerprint density at radius 2 is 2.06 bits per heavy atom. The van der Waals surface area contributed by atoms with Crippen molar-refractivity contribution in [1.29, 1.82) is 0 Å². The van der Waals surface area contributed by atoms with E-state index < -0.39 is 0 Å².